The molecule has 0 amide bonds. The Morgan fingerprint density at radius 2 is 2.05 bits per heavy atom. The Hall–Kier alpha value is -2.44. The minimum absolute atomic E-state index is 0.0894. The average Bonchev–Trinajstić information content (AvgIpc) is 2.77. The van der Waals surface area contributed by atoms with E-state index in [1.165, 1.54) is 0 Å². The van der Waals surface area contributed by atoms with Crippen LogP contribution >= 0.6 is 0 Å². The summed E-state index contributed by atoms with van der Waals surface area (Å²) in [4.78, 5) is 16.7. The van der Waals surface area contributed by atoms with E-state index in [0.717, 1.165) is 5.56 Å². The number of pyridine rings is 1. The zero-order valence-electron chi connectivity index (χ0n) is 11.8. The number of rotatable bonds is 5. The minimum atomic E-state index is -0.357. The molecule has 106 valence electrons. The molecule has 0 unspecified atom stereocenters. The van der Waals surface area contributed by atoms with Gasteiger partial charge in [0, 0.05) is 33.0 Å². The van der Waals surface area contributed by atoms with Crippen molar-refractivity contribution in [1.82, 2.24) is 14.8 Å². The Morgan fingerprint density at radius 3 is 2.60 bits per heavy atom. The smallest absolute Gasteiger partial charge is 0.334 e. The summed E-state index contributed by atoms with van der Waals surface area (Å²) in [7, 11) is 3.55. The lowest BCUT2D eigenvalue weighted by atomic mass is 10.2. The van der Waals surface area contributed by atoms with Crippen molar-refractivity contribution in [1.29, 1.82) is 0 Å². The van der Waals surface area contributed by atoms with Crippen LogP contribution in [0.3, 0.4) is 0 Å². The number of aryl methyl sites for hydroxylation is 2. The summed E-state index contributed by atoms with van der Waals surface area (Å²) in [6.45, 7) is 2.42. The highest BCUT2D eigenvalue weighted by Crippen LogP contribution is 2.31. The van der Waals surface area contributed by atoms with Crippen molar-refractivity contribution in [3.8, 4) is 0 Å². The molecular weight excluding hydrogens is 258 g/mol. The number of aromatic nitrogens is 3. The quantitative estimate of drug-likeness (QED) is 0.615. The summed E-state index contributed by atoms with van der Waals surface area (Å²) in [6, 6.07) is 3.78. The topological polar surface area (TPSA) is 77.1 Å². The monoisotopic (exact) mass is 275 g/mol. The highest BCUT2D eigenvalue weighted by molar-refractivity contribution is 5.61. The first-order valence-electron chi connectivity index (χ1n) is 6.34. The number of hydrogen-bond acceptors (Lipinski definition) is 5. The first-order valence-corrected chi connectivity index (χ1v) is 6.34. The van der Waals surface area contributed by atoms with Crippen LogP contribution in [0.4, 0.5) is 11.5 Å². The van der Waals surface area contributed by atoms with Gasteiger partial charge in [0.05, 0.1) is 4.92 Å². The van der Waals surface area contributed by atoms with Crippen molar-refractivity contribution in [3.05, 3.63) is 45.9 Å². The second-order valence-electron chi connectivity index (χ2n) is 4.56. The van der Waals surface area contributed by atoms with Gasteiger partial charge in [0.1, 0.15) is 5.69 Å². The van der Waals surface area contributed by atoms with Crippen molar-refractivity contribution in [2.45, 2.75) is 19.9 Å². The normalized spacial score (nSPS) is 10.6. The molecule has 0 aromatic carbocycles. The molecule has 2 heterocycles. The molecule has 7 nitrogen and oxygen atoms in total. The summed E-state index contributed by atoms with van der Waals surface area (Å²) < 4.78 is 1.57. The third-order valence-corrected chi connectivity index (χ3v) is 3.11. The van der Waals surface area contributed by atoms with E-state index >= 15 is 0 Å². The van der Waals surface area contributed by atoms with Gasteiger partial charge in [-0.2, -0.15) is 5.10 Å². The fraction of sp³-hybridized carbons (Fsp3) is 0.385. The Bertz CT molecular complexity index is 609. The van der Waals surface area contributed by atoms with Crippen LogP contribution in [0, 0.1) is 10.1 Å². The van der Waals surface area contributed by atoms with Gasteiger partial charge in [0.2, 0.25) is 5.82 Å². The first kappa shape index (κ1) is 14.0. The molecule has 0 spiro atoms. The number of anilines is 1. The van der Waals surface area contributed by atoms with Gasteiger partial charge < -0.3 is 4.90 Å². The molecule has 0 aliphatic carbocycles. The van der Waals surface area contributed by atoms with Crippen LogP contribution in [0.1, 0.15) is 18.2 Å². The maximum Gasteiger partial charge on any atom is 0.334 e. The predicted molar refractivity (Wildman–Crippen MR) is 75.6 cm³/mol. The van der Waals surface area contributed by atoms with E-state index in [9.17, 15) is 10.1 Å². The van der Waals surface area contributed by atoms with E-state index in [-0.39, 0.29) is 10.6 Å². The van der Waals surface area contributed by atoms with Crippen molar-refractivity contribution >= 4 is 11.5 Å². The van der Waals surface area contributed by atoms with Crippen molar-refractivity contribution in [2.24, 2.45) is 7.05 Å². The van der Waals surface area contributed by atoms with Crippen molar-refractivity contribution < 1.29 is 4.92 Å². The van der Waals surface area contributed by atoms with Gasteiger partial charge >= 0.3 is 5.69 Å². The van der Waals surface area contributed by atoms with Gasteiger partial charge in [-0.3, -0.25) is 15.1 Å². The third kappa shape index (κ3) is 2.61. The second-order valence-corrected chi connectivity index (χ2v) is 4.56. The van der Waals surface area contributed by atoms with Gasteiger partial charge in [-0.15, -0.1) is 0 Å². The van der Waals surface area contributed by atoms with E-state index in [2.05, 4.69) is 10.1 Å². The zero-order valence-corrected chi connectivity index (χ0v) is 11.8. The predicted octanol–water partition coefficient (Wildman–Crippen LogP) is 1.92. The number of nitrogens with zero attached hydrogens (tertiary/aromatic N) is 5. The van der Waals surface area contributed by atoms with E-state index in [1.54, 1.807) is 24.1 Å². The Labute approximate surface area is 117 Å². The fourth-order valence-corrected chi connectivity index (χ4v) is 2.25. The number of nitro groups is 1. The van der Waals surface area contributed by atoms with Crippen LogP contribution in [0.25, 0.3) is 0 Å². The molecule has 0 saturated heterocycles. The minimum Gasteiger partial charge on any atom is -0.350 e. The van der Waals surface area contributed by atoms with Crippen LogP contribution in [-0.2, 0) is 20.0 Å². The van der Waals surface area contributed by atoms with Crippen molar-refractivity contribution in [3.63, 3.8) is 0 Å². The summed E-state index contributed by atoms with van der Waals surface area (Å²) in [5.74, 6) is 0.517. The zero-order chi connectivity index (χ0) is 14.7. The highest BCUT2D eigenvalue weighted by Gasteiger charge is 2.28. The number of hydrogen-bond donors (Lipinski definition) is 0. The summed E-state index contributed by atoms with van der Waals surface area (Å²) in [6.07, 6.45) is 3.95. The molecule has 0 radical (unpaired) electrons. The Balaban J connectivity index is 2.36. The summed E-state index contributed by atoms with van der Waals surface area (Å²) in [5.41, 5.74) is 1.64. The largest absolute Gasteiger partial charge is 0.350 e. The summed E-state index contributed by atoms with van der Waals surface area (Å²) >= 11 is 0. The summed E-state index contributed by atoms with van der Waals surface area (Å²) in [5, 5.41) is 15.5. The SMILES string of the molecule is CCc1nn(C)c(N(C)Cc2ccncc2)c1[N+](=O)[O-]. The third-order valence-electron chi connectivity index (χ3n) is 3.11. The van der Waals surface area contributed by atoms with Crippen LogP contribution in [0.5, 0.6) is 0 Å². The maximum atomic E-state index is 11.3. The van der Waals surface area contributed by atoms with Crippen LogP contribution < -0.4 is 4.90 Å². The lowest BCUT2D eigenvalue weighted by Gasteiger charge is -2.18. The van der Waals surface area contributed by atoms with Crippen LogP contribution in [0.15, 0.2) is 24.5 Å². The van der Waals surface area contributed by atoms with Crippen molar-refractivity contribution in [2.75, 3.05) is 11.9 Å². The molecule has 0 atom stereocenters. The van der Waals surface area contributed by atoms with Crippen LogP contribution in [0.2, 0.25) is 0 Å². The molecular formula is C13H17N5O2. The highest BCUT2D eigenvalue weighted by atomic mass is 16.6. The standard InChI is InChI=1S/C13H17N5O2/c1-4-11-12(18(19)20)13(17(3)15-11)16(2)9-10-5-7-14-8-6-10/h5-8H,4,9H2,1-3H3. The van der Waals surface area contributed by atoms with Gasteiger partial charge in [0.15, 0.2) is 0 Å². The van der Waals surface area contributed by atoms with E-state index in [1.807, 2.05) is 31.0 Å². The lowest BCUT2D eigenvalue weighted by molar-refractivity contribution is -0.384. The maximum absolute atomic E-state index is 11.3. The van der Waals surface area contributed by atoms with Gasteiger partial charge in [-0.05, 0) is 24.1 Å². The van der Waals surface area contributed by atoms with E-state index in [4.69, 9.17) is 0 Å². The molecule has 0 fully saturated rings. The van der Waals surface area contributed by atoms with E-state index in [0.29, 0.717) is 24.5 Å². The molecule has 0 saturated carbocycles. The molecule has 20 heavy (non-hydrogen) atoms. The van der Waals surface area contributed by atoms with Gasteiger partial charge in [-0.1, -0.05) is 6.92 Å². The van der Waals surface area contributed by atoms with Gasteiger partial charge in [0.25, 0.3) is 0 Å². The second kappa shape index (κ2) is 5.68. The first-order chi connectivity index (χ1) is 9.54. The molecule has 2 aromatic heterocycles. The molecule has 0 aliphatic heterocycles. The molecule has 2 rings (SSSR count). The van der Waals surface area contributed by atoms with E-state index < -0.39 is 0 Å². The lowest BCUT2D eigenvalue weighted by Crippen LogP contribution is -2.20. The molecule has 0 N–H and O–H groups in total. The van der Waals surface area contributed by atoms with Gasteiger partial charge in [-0.25, -0.2) is 4.68 Å². The fourth-order valence-electron chi connectivity index (χ4n) is 2.25. The Morgan fingerprint density at radius 1 is 1.40 bits per heavy atom. The molecule has 7 heteroatoms. The molecule has 0 bridgehead atoms. The van der Waals surface area contributed by atoms with Crippen LogP contribution in [-0.4, -0.2) is 26.7 Å². The molecule has 2 aromatic rings. The molecule has 0 aliphatic rings. The average molecular weight is 275 g/mol. The Kier molecular flexibility index (Phi) is 3.97.